The molecule has 264 valence electrons. The lowest BCUT2D eigenvalue weighted by atomic mass is 9.77. The normalized spacial score (nSPS) is 28.5. The van der Waals surface area contributed by atoms with Crippen LogP contribution in [0.3, 0.4) is 0 Å². The molecule has 50 heavy (non-hydrogen) atoms. The third-order valence-electron chi connectivity index (χ3n) is 11.6. The SMILES string of the molecule is Cc1noc(-c2ccc(C3=CCN(C(=O)CN4CC[C@]5(CCN(C6CCC7NNC(c8ccc(OC(C)C)nc8)C7C6)C5=O)C4)CC3)cc2)n1. The summed E-state index contributed by atoms with van der Waals surface area (Å²) in [6, 6.07) is 13.0. The number of carbonyl (C=O) groups excluding carboxylic acids is 2. The van der Waals surface area contributed by atoms with Crippen molar-refractivity contribution in [2.75, 3.05) is 39.3 Å². The summed E-state index contributed by atoms with van der Waals surface area (Å²) in [6.07, 6.45) is 9.71. The molecule has 12 nitrogen and oxygen atoms in total. The highest BCUT2D eigenvalue weighted by molar-refractivity contribution is 5.86. The maximum absolute atomic E-state index is 14.1. The molecule has 2 amide bonds. The van der Waals surface area contributed by atoms with Gasteiger partial charge in [-0.3, -0.25) is 19.9 Å². The minimum Gasteiger partial charge on any atom is -0.475 e. The summed E-state index contributed by atoms with van der Waals surface area (Å²) in [5.41, 5.74) is 11.1. The standard InChI is InChI=1S/C38H48N8O4/c1-24(2)49-33-11-8-29(21-39-33)35-31-20-30(9-10-32(31)41-42-35)46-19-15-38(37(46)48)14-18-44(23-38)22-34(47)45-16-12-27(13-17-45)26-4-6-28(7-5-26)36-40-25(3)43-50-36/h4-8,11-12,21,24,30-32,35,41-42H,9-10,13-20,22-23H2,1-3H3/t30?,31?,32?,35?,38-/m0/s1. The summed E-state index contributed by atoms with van der Waals surface area (Å²) in [5, 5.41) is 3.88. The number of aryl methyl sites for hydroxylation is 1. The van der Waals surface area contributed by atoms with Crippen molar-refractivity contribution in [2.24, 2.45) is 11.3 Å². The van der Waals surface area contributed by atoms with E-state index in [0.717, 1.165) is 68.3 Å². The number of nitrogens with zero attached hydrogens (tertiary/aromatic N) is 6. The van der Waals surface area contributed by atoms with Crippen LogP contribution in [-0.4, -0.2) is 99.1 Å². The molecule has 6 heterocycles. The molecule has 1 spiro atoms. The highest BCUT2D eigenvalue weighted by atomic mass is 16.5. The van der Waals surface area contributed by atoms with Gasteiger partial charge in [0.05, 0.1) is 24.1 Å². The lowest BCUT2D eigenvalue weighted by Crippen LogP contribution is -2.47. The lowest BCUT2D eigenvalue weighted by Gasteiger charge is -2.38. The molecule has 0 radical (unpaired) electrons. The third kappa shape index (κ3) is 6.44. The highest BCUT2D eigenvalue weighted by Crippen LogP contribution is 2.45. The Labute approximate surface area is 293 Å². The molecular formula is C38H48N8O4. The van der Waals surface area contributed by atoms with E-state index in [0.29, 0.717) is 61.6 Å². The molecule has 5 aliphatic rings. The summed E-state index contributed by atoms with van der Waals surface area (Å²) in [4.78, 5) is 42.8. The minimum absolute atomic E-state index is 0.0865. The Morgan fingerprint density at radius 1 is 1.06 bits per heavy atom. The Kier molecular flexibility index (Phi) is 8.94. The average Bonchev–Trinajstić information content (AvgIpc) is 3.92. The molecule has 2 N–H and O–H groups in total. The van der Waals surface area contributed by atoms with Crippen molar-refractivity contribution < 1.29 is 18.8 Å². The van der Waals surface area contributed by atoms with Gasteiger partial charge in [-0.25, -0.2) is 10.4 Å². The number of likely N-dealkylation sites (tertiary alicyclic amines) is 2. The van der Waals surface area contributed by atoms with E-state index in [2.05, 4.69) is 60.1 Å². The fourth-order valence-corrected chi connectivity index (χ4v) is 8.89. The summed E-state index contributed by atoms with van der Waals surface area (Å²) >= 11 is 0. The number of ether oxygens (including phenoxy) is 1. The van der Waals surface area contributed by atoms with Crippen molar-refractivity contribution in [3.05, 3.63) is 65.6 Å². The van der Waals surface area contributed by atoms with Crippen molar-refractivity contribution in [2.45, 2.75) is 83.5 Å². The van der Waals surface area contributed by atoms with Gasteiger partial charge in [0.2, 0.25) is 17.7 Å². The average molecular weight is 681 g/mol. The van der Waals surface area contributed by atoms with Crippen molar-refractivity contribution in [1.29, 1.82) is 0 Å². The maximum atomic E-state index is 14.1. The third-order valence-corrected chi connectivity index (χ3v) is 11.6. The molecule has 8 rings (SSSR count). The van der Waals surface area contributed by atoms with Crippen LogP contribution < -0.4 is 15.6 Å². The number of hydrogen-bond donors (Lipinski definition) is 2. The van der Waals surface area contributed by atoms with E-state index < -0.39 is 0 Å². The summed E-state index contributed by atoms with van der Waals surface area (Å²) in [6.45, 7) is 9.76. The number of fused-ring (bicyclic) bond motifs is 1. The molecule has 3 saturated heterocycles. The molecule has 1 aliphatic carbocycles. The van der Waals surface area contributed by atoms with Gasteiger partial charge in [0.1, 0.15) is 0 Å². The van der Waals surface area contributed by atoms with Crippen LogP contribution in [0.4, 0.5) is 0 Å². The topological polar surface area (TPSA) is 129 Å². The van der Waals surface area contributed by atoms with Crippen LogP contribution in [0.25, 0.3) is 17.0 Å². The summed E-state index contributed by atoms with van der Waals surface area (Å²) in [7, 11) is 0. The quantitative estimate of drug-likeness (QED) is 0.358. The number of pyridine rings is 1. The van der Waals surface area contributed by atoms with E-state index in [1.54, 1.807) is 0 Å². The maximum Gasteiger partial charge on any atom is 0.257 e. The second kappa shape index (κ2) is 13.5. The number of amides is 2. The number of hydrazine groups is 1. The van der Waals surface area contributed by atoms with Crippen molar-refractivity contribution >= 4 is 17.4 Å². The number of benzene rings is 1. The van der Waals surface area contributed by atoms with Gasteiger partial charge in [-0.2, -0.15) is 4.98 Å². The zero-order valence-corrected chi connectivity index (χ0v) is 29.3. The fourth-order valence-electron chi connectivity index (χ4n) is 8.89. The van der Waals surface area contributed by atoms with E-state index in [1.807, 2.05) is 50.1 Å². The van der Waals surface area contributed by atoms with Crippen molar-refractivity contribution in [1.82, 2.24) is 40.7 Å². The molecule has 12 heteroatoms. The molecule has 2 aromatic heterocycles. The molecule has 4 aliphatic heterocycles. The first-order chi connectivity index (χ1) is 24.2. The first-order valence-electron chi connectivity index (χ1n) is 18.3. The molecule has 0 bridgehead atoms. The van der Waals surface area contributed by atoms with Gasteiger partial charge >= 0.3 is 0 Å². The van der Waals surface area contributed by atoms with Gasteiger partial charge in [-0.05, 0) is 101 Å². The second-order valence-corrected chi connectivity index (χ2v) is 15.1. The van der Waals surface area contributed by atoms with E-state index in [-0.39, 0.29) is 29.5 Å². The largest absolute Gasteiger partial charge is 0.475 e. The predicted molar refractivity (Wildman–Crippen MR) is 187 cm³/mol. The highest BCUT2D eigenvalue weighted by Gasteiger charge is 2.53. The van der Waals surface area contributed by atoms with Crippen LogP contribution in [0, 0.1) is 18.3 Å². The van der Waals surface area contributed by atoms with Crippen LogP contribution in [0.15, 0.2) is 53.2 Å². The van der Waals surface area contributed by atoms with E-state index >= 15 is 0 Å². The zero-order valence-electron chi connectivity index (χ0n) is 29.3. The summed E-state index contributed by atoms with van der Waals surface area (Å²) in [5.74, 6) is 2.61. The molecule has 1 aromatic carbocycles. The van der Waals surface area contributed by atoms with Crippen LogP contribution in [-0.2, 0) is 9.59 Å². The number of aromatic nitrogens is 3. The van der Waals surface area contributed by atoms with Gasteiger partial charge in [0.15, 0.2) is 5.82 Å². The van der Waals surface area contributed by atoms with Crippen LogP contribution >= 0.6 is 0 Å². The first-order valence-corrected chi connectivity index (χ1v) is 18.3. The Balaban J connectivity index is 0.840. The van der Waals surface area contributed by atoms with Gasteiger partial charge in [0, 0.05) is 56.1 Å². The zero-order chi connectivity index (χ0) is 34.4. The Morgan fingerprint density at radius 3 is 2.60 bits per heavy atom. The van der Waals surface area contributed by atoms with Crippen LogP contribution in [0.2, 0.25) is 0 Å². The number of rotatable bonds is 8. The second-order valence-electron chi connectivity index (χ2n) is 15.1. The van der Waals surface area contributed by atoms with Gasteiger partial charge in [-0.15, -0.1) is 0 Å². The van der Waals surface area contributed by atoms with E-state index in [9.17, 15) is 9.59 Å². The van der Waals surface area contributed by atoms with Gasteiger partial charge in [0.25, 0.3) is 5.89 Å². The number of carbonyl (C=O) groups is 2. The smallest absolute Gasteiger partial charge is 0.257 e. The fraction of sp³-hybridized carbons (Fsp3) is 0.553. The van der Waals surface area contributed by atoms with Crippen molar-refractivity contribution in [3.8, 4) is 17.3 Å². The molecule has 4 unspecified atom stereocenters. The van der Waals surface area contributed by atoms with E-state index in [1.165, 1.54) is 5.57 Å². The van der Waals surface area contributed by atoms with Gasteiger partial charge in [-0.1, -0.05) is 29.4 Å². The molecule has 5 atom stereocenters. The predicted octanol–water partition coefficient (Wildman–Crippen LogP) is 4.15. The minimum atomic E-state index is -0.361. The molecule has 1 saturated carbocycles. The number of hydrogen-bond acceptors (Lipinski definition) is 10. The summed E-state index contributed by atoms with van der Waals surface area (Å²) < 4.78 is 11.0. The Morgan fingerprint density at radius 2 is 1.88 bits per heavy atom. The molecule has 3 aromatic rings. The lowest BCUT2D eigenvalue weighted by molar-refractivity contribution is -0.139. The monoisotopic (exact) mass is 680 g/mol. The van der Waals surface area contributed by atoms with E-state index in [4.69, 9.17) is 9.26 Å². The first kappa shape index (κ1) is 33.0. The Bertz CT molecular complexity index is 1740. The molecular weight excluding hydrogens is 632 g/mol. The molecule has 4 fully saturated rings. The van der Waals surface area contributed by atoms with Crippen LogP contribution in [0.1, 0.15) is 75.4 Å². The Hall–Kier alpha value is -4.13. The number of nitrogens with one attached hydrogen (secondary N) is 2. The van der Waals surface area contributed by atoms with Gasteiger partial charge < -0.3 is 19.1 Å². The van der Waals surface area contributed by atoms with Crippen molar-refractivity contribution in [3.63, 3.8) is 0 Å². The van der Waals surface area contributed by atoms with Crippen LogP contribution in [0.5, 0.6) is 5.88 Å².